The molecular weight excluding hydrogens is 152 g/mol. The zero-order valence-electron chi connectivity index (χ0n) is 7.38. The number of fused-ring (bicyclic) bond motifs is 2. The Bertz CT molecular complexity index is 230. The van der Waals surface area contributed by atoms with E-state index < -0.39 is 0 Å². The van der Waals surface area contributed by atoms with Crippen LogP contribution in [-0.4, -0.2) is 12.6 Å². The van der Waals surface area contributed by atoms with E-state index in [4.69, 9.17) is 4.74 Å². The summed E-state index contributed by atoms with van der Waals surface area (Å²) in [6, 6.07) is 0. The van der Waals surface area contributed by atoms with Gasteiger partial charge in [0.2, 0.25) is 0 Å². The van der Waals surface area contributed by atoms with Crippen molar-refractivity contribution >= 4 is 5.97 Å². The van der Waals surface area contributed by atoms with E-state index in [0.717, 1.165) is 19.3 Å². The molecule has 2 nitrogen and oxygen atoms in total. The van der Waals surface area contributed by atoms with E-state index >= 15 is 0 Å². The number of hydrogen-bond donors (Lipinski definition) is 0. The van der Waals surface area contributed by atoms with E-state index in [-0.39, 0.29) is 11.9 Å². The van der Waals surface area contributed by atoms with Crippen LogP contribution in [0.25, 0.3) is 0 Å². The van der Waals surface area contributed by atoms with E-state index in [2.05, 4.69) is 6.08 Å². The van der Waals surface area contributed by atoms with E-state index in [9.17, 15) is 4.79 Å². The minimum absolute atomic E-state index is 0.0191. The highest BCUT2D eigenvalue weighted by Gasteiger charge is 2.39. The third-order valence-electron chi connectivity index (χ3n) is 2.87. The molecule has 0 aromatic heterocycles. The van der Waals surface area contributed by atoms with Crippen LogP contribution >= 0.6 is 0 Å². The molecule has 1 saturated carbocycles. The number of allylic oxidation sites excluding steroid dienone is 2. The summed E-state index contributed by atoms with van der Waals surface area (Å²) >= 11 is 0. The van der Waals surface area contributed by atoms with Crippen LogP contribution in [0.4, 0.5) is 0 Å². The van der Waals surface area contributed by atoms with Crippen LogP contribution in [0.3, 0.4) is 0 Å². The van der Waals surface area contributed by atoms with Crippen molar-refractivity contribution in [3.05, 3.63) is 11.6 Å². The molecule has 0 spiro atoms. The Morgan fingerprint density at radius 2 is 2.50 bits per heavy atom. The molecule has 0 aromatic rings. The molecule has 66 valence electrons. The molecule has 12 heavy (non-hydrogen) atoms. The maximum absolute atomic E-state index is 11.4. The lowest BCUT2D eigenvalue weighted by atomic mass is 9.92. The first-order valence-electron chi connectivity index (χ1n) is 4.65. The van der Waals surface area contributed by atoms with Gasteiger partial charge in [-0.2, -0.15) is 0 Å². The summed E-state index contributed by atoms with van der Waals surface area (Å²) in [5.41, 5.74) is 1.47. The summed E-state index contributed by atoms with van der Waals surface area (Å²) in [6.07, 6.45) is 5.48. The monoisotopic (exact) mass is 166 g/mol. The first-order valence-corrected chi connectivity index (χ1v) is 4.65. The minimum atomic E-state index is 0.0191. The second-order valence-corrected chi connectivity index (χ2v) is 3.62. The molecule has 0 radical (unpaired) electrons. The summed E-state index contributed by atoms with van der Waals surface area (Å²) in [5, 5.41) is 0. The highest BCUT2D eigenvalue weighted by atomic mass is 16.5. The molecule has 1 fully saturated rings. The Kier molecular flexibility index (Phi) is 1.91. The molecule has 0 saturated heterocycles. The van der Waals surface area contributed by atoms with Crippen molar-refractivity contribution in [1.82, 2.24) is 0 Å². The molecule has 2 rings (SSSR count). The topological polar surface area (TPSA) is 26.3 Å². The summed E-state index contributed by atoms with van der Waals surface area (Å²) in [6.45, 7) is 2.38. The number of carbonyl (C=O) groups is 1. The third-order valence-corrected chi connectivity index (χ3v) is 2.87. The Hall–Kier alpha value is -0.790. The van der Waals surface area contributed by atoms with Crippen molar-refractivity contribution in [1.29, 1.82) is 0 Å². The van der Waals surface area contributed by atoms with Gasteiger partial charge in [-0.05, 0) is 32.1 Å². The molecule has 2 atom stereocenters. The molecule has 0 aromatic carbocycles. The van der Waals surface area contributed by atoms with Crippen LogP contribution in [-0.2, 0) is 9.53 Å². The van der Waals surface area contributed by atoms with Gasteiger partial charge in [0.25, 0.3) is 0 Å². The maximum Gasteiger partial charge on any atom is 0.309 e. The van der Waals surface area contributed by atoms with Gasteiger partial charge >= 0.3 is 5.97 Å². The predicted octanol–water partition coefficient (Wildman–Crippen LogP) is 1.91. The molecule has 2 aliphatic rings. The van der Waals surface area contributed by atoms with E-state index in [1.54, 1.807) is 0 Å². The fourth-order valence-electron chi connectivity index (χ4n) is 2.27. The largest absolute Gasteiger partial charge is 0.466 e. The molecular formula is C10H14O2. The minimum Gasteiger partial charge on any atom is -0.466 e. The second kappa shape index (κ2) is 2.92. The smallest absolute Gasteiger partial charge is 0.309 e. The number of hydrogen-bond acceptors (Lipinski definition) is 2. The fraction of sp³-hybridized carbons (Fsp3) is 0.700. The fourth-order valence-corrected chi connectivity index (χ4v) is 2.27. The van der Waals surface area contributed by atoms with Crippen LogP contribution < -0.4 is 0 Å². The highest BCUT2D eigenvalue weighted by molar-refractivity contribution is 5.74. The van der Waals surface area contributed by atoms with Gasteiger partial charge in [-0.1, -0.05) is 11.6 Å². The second-order valence-electron chi connectivity index (χ2n) is 3.62. The lowest BCUT2D eigenvalue weighted by molar-refractivity contribution is -0.149. The highest BCUT2D eigenvalue weighted by Crippen LogP contribution is 2.44. The molecule has 0 amide bonds. The quantitative estimate of drug-likeness (QED) is 0.462. The Morgan fingerprint density at radius 1 is 1.67 bits per heavy atom. The van der Waals surface area contributed by atoms with E-state index in [0.29, 0.717) is 12.5 Å². The van der Waals surface area contributed by atoms with Crippen molar-refractivity contribution < 1.29 is 9.53 Å². The van der Waals surface area contributed by atoms with Gasteiger partial charge in [0.05, 0.1) is 12.5 Å². The first-order chi connectivity index (χ1) is 5.81. The molecule has 0 N–H and O–H groups in total. The normalized spacial score (nSPS) is 31.9. The van der Waals surface area contributed by atoms with E-state index in [1.165, 1.54) is 5.57 Å². The number of ether oxygens (including phenoxy) is 1. The molecule has 2 heteroatoms. The van der Waals surface area contributed by atoms with Gasteiger partial charge < -0.3 is 4.74 Å². The van der Waals surface area contributed by atoms with Crippen molar-refractivity contribution in [2.45, 2.75) is 26.2 Å². The standard InChI is InChI=1S/C10H14O2/c1-2-12-10(11)9-6-7-3-4-8(9)5-7/h3,8-9H,2,4-6H2,1H3. The average Bonchev–Trinajstić information content (AvgIpc) is 2.64. The van der Waals surface area contributed by atoms with Crippen molar-refractivity contribution in [3.8, 4) is 0 Å². The number of esters is 1. The van der Waals surface area contributed by atoms with Crippen molar-refractivity contribution in [3.63, 3.8) is 0 Å². The summed E-state index contributed by atoms with van der Waals surface area (Å²) in [5.74, 6) is 0.773. The van der Waals surface area contributed by atoms with Crippen LogP contribution in [0.5, 0.6) is 0 Å². The third kappa shape index (κ3) is 1.15. The van der Waals surface area contributed by atoms with Gasteiger partial charge in [-0.25, -0.2) is 0 Å². The van der Waals surface area contributed by atoms with Crippen molar-refractivity contribution in [2.24, 2.45) is 11.8 Å². The van der Waals surface area contributed by atoms with Gasteiger partial charge in [0.15, 0.2) is 0 Å². The molecule has 2 aliphatic carbocycles. The molecule has 2 bridgehead atoms. The Labute approximate surface area is 72.6 Å². The molecule has 2 unspecified atom stereocenters. The van der Waals surface area contributed by atoms with Crippen molar-refractivity contribution in [2.75, 3.05) is 6.61 Å². The van der Waals surface area contributed by atoms with Crippen LogP contribution in [0.1, 0.15) is 26.2 Å². The molecule has 0 aliphatic heterocycles. The summed E-state index contributed by atoms with van der Waals surface area (Å²) < 4.78 is 5.01. The first kappa shape index (κ1) is 7.84. The van der Waals surface area contributed by atoms with Crippen LogP contribution in [0.2, 0.25) is 0 Å². The van der Waals surface area contributed by atoms with E-state index in [1.807, 2.05) is 6.92 Å². The zero-order chi connectivity index (χ0) is 8.55. The van der Waals surface area contributed by atoms with Gasteiger partial charge in [0.1, 0.15) is 0 Å². The maximum atomic E-state index is 11.4. The van der Waals surface area contributed by atoms with Gasteiger partial charge in [0, 0.05) is 0 Å². The Balaban J connectivity index is 1.99. The SMILES string of the molecule is CCOC(=O)C1CC2=CCC1C2. The lowest BCUT2D eigenvalue weighted by Gasteiger charge is -2.16. The van der Waals surface area contributed by atoms with Crippen LogP contribution in [0.15, 0.2) is 11.6 Å². The van der Waals surface area contributed by atoms with Gasteiger partial charge in [-0.15, -0.1) is 0 Å². The average molecular weight is 166 g/mol. The Morgan fingerprint density at radius 3 is 3.00 bits per heavy atom. The number of carbonyl (C=O) groups excluding carboxylic acids is 1. The lowest BCUT2D eigenvalue weighted by Crippen LogP contribution is -2.21. The van der Waals surface area contributed by atoms with Crippen LogP contribution in [0, 0.1) is 11.8 Å². The number of rotatable bonds is 2. The predicted molar refractivity (Wildman–Crippen MR) is 45.5 cm³/mol. The summed E-state index contributed by atoms with van der Waals surface area (Å²) in [4.78, 5) is 11.4. The van der Waals surface area contributed by atoms with Gasteiger partial charge in [-0.3, -0.25) is 4.79 Å². The summed E-state index contributed by atoms with van der Waals surface area (Å²) in [7, 11) is 0. The molecule has 0 heterocycles. The zero-order valence-corrected chi connectivity index (χ0v) is 7.38.